The molecule has 1 atom stereocenters. The number of anilines is 1. The Bertz CT molecular complexity index is 810. The standard InChI is InChI=1S/C21H27ClN2O5/c1-4-28-19(26)14-6-5-10-23(13-14)18(25)9-11-24-16-12-15(22)7-8-17(16)29-21(2,3)20(24)27/h7-8,12,14H,4-6,9-11,13H2,1-3H3. The molecule has 0 aromatic heterocycles. The van der Waals surface area contributed by atoms with Crippen molar-refractivity contribution in [3.05, 3.63) is 23.2 Å². The zero-order valence-corrected chi connectivity index (χ0v) is 17.8. The smallest absolute Gasteiger partial charge is 0.310 e. The van der Waals surface area contributed by atoms with E-state index < -0.39 is 5.60 Å². The van der Waals surface area contributed by atoms with Gasteiger partial charge in [-0.3, -0.25) is 14.4 Å². The molecule has 0 bridgehead atoms. The van der Waals surface area contributed by atoms with Crippen LogP contribution in [0.25, 0.3) is 0 Å². The normalized spacial score (nSPS) is 20.7. The quantitative estimate of drug-likeness (QED) is 0.682. The third-order valence-corrected chi connectivity index (χ3v) is 5.52. The molecular weight excluding hydrogens is 396 g/mol. The van der Waals surface area contributed by atoms with Crippen molar-refractivity contribution in [2.75, 3.05) is 31.1 Å². The number of carbonyl (C=O) groups excluding carboxylic acids is 3. The number of halogens is 1. The van der Waals surface area contributed by atoms with Gasteiger partial charge >= 0.3 is 5.97 Å². The molecule has 2 aliphatic heterocycles. The van der Waals surface area contributed by atoms with E-state index in [9.17, 15) is 14.4 Å². The summed E-state index contributed by atoms with van der Waals surface area (Å²) in [5.74, 6) is -0.274. The van der Waals surface area contributed by atoms with E-state index in [4.69, 9.17) is 21.1 Å². The van der Waals surface area contributed by atoms with E-state index in [0.717, 1.165) is 12.8 Å². The van der Waals surface area contributed by atoms with Gasteiger partial charge in [-0.05, 0) is 51.8 Å². The highest BCUT2D eigenvalue weighted by Gasteiger charge is 2.41. The topological polar surface area (TPSA) is 76.2 Å². The number of nitrogens with zero attached hydrogens (tertiary/aromatic N) is 2. The van der Waals surface area contributed by atoms with E-state index in [0.29, 0.717) is 36.2 Å². The summed E-state index contributed by atoms with van der Waals surface area (Å²) in [5, 5.41) is 0.490. The second kappa shape index (κ2) is 8.61. The van der Waals surface area contributed by atoms with Crippen LogP contribution in [0.3, 0.4) is 0 Å². The molecule has 0 aliphatic carbocycles. The Kier molecular flexibility index (Phi) is 6.36. The van der Waals surface area contributed by atoms with E-state index in [-0.39, 0.29) is 36.7 Å². The number of hydrogen-bond acceptors (Lipinski definition) is 5. The predicted octanol–water partition coefficient (Wildman–Crippen LogP) is 3.04. The van der Waals surface area contributed by atoms with Crippen molar-refractivity contribution in [1.29, 1.82) is 0 Å². The number of likely N-dealkylation sites (tertiary alicyclic amines) is 1. The maximum absolute atomic E-state index is 12.9. The van der Waals surface area contributed by atoms with Gasteiger partial charge in [0.05, 0.1) is 18.2 Å². The molecule has 0 radical (unpaired) electrons. The summed E-state index contributed by atoms with van der Waals surface area (Å²) in [6, 6.07) is 5.11. The molecule has 0 spiro atoms. The van der Waals surface area contributed by atoms with E-state index in [1.807, 2.05) is 0 Å². The van der Waals surface area contributed by atoms with Gasteiger partial charge in [0.15, 0.2) is 5.60 Å². The Morgan fingerprint density at radius 2 is 2.10 bits per heavy atom. The fraction of sp³-hybridized carbons (Fsp3) is 0.571. The molecule has 0 saturated carbocycles. The molecule has 1 unspecified atom stereocenters. The molecule has 7 nitrogen and oxygen atoms in total. The first-order valence-electron chi connectivity index (χ1n) is 9.98. The van der Waals surface area contributed by atoms with Crippen molar-refractivity contribution in [2.24, 2.45) is 5.92 Å². The van der Waals surface area contributed by atoms with Crippen molar-refractivity contribution >= 4 is 35.1 Å². The average Bonchev–Trinajstić information content (AvgIpc) is 2.69. The lowest BCUT2D eigenvalue weighted by molar-refractivity contribution is -0.151. The minimum absolute atomic E-state index is 0.0836. The Labute approximate surface area is 175 Å². The number of amides is 2. The van der Waals surface area contributed by atoms with Gasteiger partial charge in [-0.2, -0.15) is 0 Å². The molecule has 3 rings (SSSR count). The number of ether oxygens (including phenoxy) is 2. The highest BCUT2D eigenvalue weighted by atomic mass is 35.5. The number of carbonyl (C=O) groups is 3. The van der Waals surface area contributed by atoms with Crippen molar-refractivity contribution in [1.82, 2.24) is 4.90 Å². The minimum atomic E-state index is -1.02. The zero-order valence-electron chi connectivity index (χ0n) is 17.1. The van der Waals surface area contributed by atoms with E-state index >= 15 is 0 Å². The van der Waals surface area contributed by atoms with Crippen LogP contribution in [0, 0.1) is 5.92 Å². The second-order valence-corrected chi connectivity index (χ2v) is 8.30. The van der Waals surface area contributed by atoms with Gasteiger partial charge in [-0.15, -0.1) is 0 Å². The SMILES string of the molecule is CCOC(=O)C1CCCN(C(=O)CCN2C(=O)C(C)(C)Oc3ccc(Cl)cc32)C1. The minimum Gasteiger partial charge on any atom is -0.476 e. The second-order valence-electron chi connectivity index (χ2n) is 7.86. The average molecular weight is 423 g/mol. The number of esters is 1. The maximum Gasteiger partial charge on any atom is 0.310 e. The van der Waals surface area contributed by atoms with Crippen molar-refractivity contribution in [3.63, 3.8) is 0 Å². The van der Waals surface area contributed by atoms with E-state index in [2.05, 4.69) is 0 Å². The van der Waals surface area contributed by atoms with Crippen LogP contribution in [0.15, 0.2) is 18.2 Å². The molecule has 2 amide bonds. The highest BCUT2D eigenvalue weighted by molar-refractivity contribution is 6.31. The number of benzene rings is 1. The first-order chi connectivity index (χ1) is 13.7. The summed E-state index contributed by atoms with van der Waals surface area (Å²) in [4.78, 5) is 41.0. The molecule has 2 aliphatic rings. The van der Waals surface area contributed by atoms with Gasteiger partial charge in [-0.1, -0.05) is 11.6 Å². The summed E-state index contributed by atoms with van der Waals surface area (Å²) < 4.78 is 10.9. The van der Waals surface area contributed by atoms with Gasteiger partial charge in [0, 0.05) is 31.1 Å². The number of fused-ring (bicyclic) bond motifs is 1. The van der Waals surface area contributed by atoms with Gasteiger partial charge in [0.25, 0.3) is 5.91 Å². The maximum atomic E-state index is 12.9. The third kappa shape index (κ3) is 4.66. The van der Waals surface area contributed by atoms with Gasteiger partial charge in [0.1, 0.15) is 5.75 Å². The summed E-state index contributed by atoms with van der Waals surface area (Å²) in [6.45, 7) is 6.71. The van der Waals surface area contributed by atoms with Gasteiger partial charge < -0.3 is 19.3 Å². The Hall–Kier alpha value is -2.28. The lowest BCUT2D eigenvalue weighted by Gasteiger charge is -2.39. The first-order valence-corrected chi connectivity index (χ1v) is 10.4. The molecule has 158 valence electrons. The van der Waals surface area contributed by atoms with Crippen LogP contribution >= 0.6 is 11.6 Å². The lowest BCUT2D eigenvalue weighted by atomic mass is 9.98. The van der Waals surface area contributed by atoms with Crippen molar-refractivity contribution < 1.29 is 23.9 Å². The lowest BCUT2D eigenvalue weighted by Crippen LogP contribution is -2.53. The highest BCUT2D eigenvalue weighted by Crippen LogP contribution is 2.39. The molecule has 29 heavy (non-hydrogen) atoms. The first kappa shape index (κ1) is 21.4. The monoisotopic (exact) mass is 422 g/mol. The van der Waals surface area contributed by atoms with Crippen LogP contribution in [0.4, 0.5) is 5.69 Å². The fourth-order valence-corrected chi connectivity index (χ4v) is 3.95. The summed E-state index contributed by atoms with van der Waals surface area (Å²) in [7, 11) is 0. The number of rotatable bonds is 5. The molecule has 1 aromatic carbocycles. The van der Waals surface area contributed by atoms with Crippen LogP contribution in [-0.2, 0) is 19.1 Å². The molecule has 1 saturated heterocycles. The van der Waals surface area contributed by atoms with Gasteiger partial charge in [-0.25, -0.2) is 0 Å². The summed E-state index contributed by atoms with van der Waals surface area (Å²) in [6.07, 6.45) is 1.64. The van der Waals surface area contributed by atoms with Crippen molar-refractivity contribution in [2.45, 2.75) is 45.6 Å². The van der Waals surface area contributed by atoms with Crippen LogP contribution in [0.2, 0.25) is 5.02 Å². The predicted molar refractivity (Wildman–Crippen MR) is 109 cm³/mol. The Morgan fingerprint density at radius 3 is 2.83 bits per heavy atom. The van der Waals surface area contributed by atoms with E-state index in [1.54, 1.807) is 48.8 Å². The van der Waals surface area contributed by atoms with Crippen molar-refractivity contribution in [3.8, 4) is 5.75 Å². The van der Waals surface area contributed by atoms with Gasteiger partial charge in [0.2, 0.25) is 5.91 Å². The van der Waals surface area contributed by atoms with Crippen LogP contribution in [0.5, 0.6) is 5.75 Å². The van der Waals surface area contributed by atoms with Crippen LogP contribution in [-0.4, -0.2) is 54.5 Å². The van der Waals surface area contributed by atoms with Crippen LogP contribution < -0.4 is 9.64 Å². The number of piperidine rings is 1. The number of hydrogen-bond donors (Lipinski definition) is 0. The molecule has 2 heterocycles. The van der Waals surface area contributed by atoms with Crippen LogP contribution in [0.1, 0.15) is 40.0 Å². The molecule has 1 aromatic rings. The van der Waals surface area contributed by atoms with E-state index in [1.165, 1.54) is 0 Å². The Morgan fingerprint density at radius 1 is 1.34 bits per heavy atom. The molecular formula is C21H27ClN2O5. The largest absolute Gasteiger partial charge is 0.476 e. The molecule has 8 heteroatoms. The Balaban J connectivity index is 1.68. The molecule has 0 N–H and O–H groups in total. The summed E-state index contributed by atoms with van der Waals surface area (Å²) >= 11 is 6.10. The fourth-order valence-electron chi connectivity index (χ4n) is 3.78. The molecule has 1 fully saturated rings. The summed E-state index contributed by atoms with van der Waals surface area (Å²) in [5.41, 5.74) is -0.457. The third-order valence-electron chi connectivity index (χ3n) is 5.28. The zero-order chi connectivity index (χ0) is 21.2.